The Labute approximate surface area is 163 Å². The first-order chi connectivity index (χ1) is 13.2. The first-order valence-corrected chi connectivity index (χ1v) is 10.9. The van der Waals surface area contributed by atoms with Gasteiger partial charge in [0.2, 0.25) is 6.79 Å². The number of hydrogen-bond donors (Lipinski definition) is 1. The monoisotopic (exact) mass is 371 g/mol. The Hall–Kier alpha value is -1.55. The summed E-state index contributed by atoms with van der Waals surface area (Å²) in [6, 6.07) is 7.17. The minimum Gasteiger partial charge on any atom is -0.457 e. The maximum atomic E-state index is 11.8. The molecule has 3 aliphatic rings. The van der Waals surface area contributed by atoms with Crippen molar-refractivity contribution in [2.24, 2.45) is 5.92 Å². The number of carbonyl (C=O) groups is 1. The molecule has 0 spiro atoms. The van der Waals surface area contributed by atoms with Crippen LogP contribution < -0.4 is 10.1 Å². The number of nitrogens with one attached hydrogen (secondary N) is 1. The molecular weight excluding hydrogens is 338 g/mol. The molecule has 0 radical (unpaired) electrons. The van der Waals surface area contributed by atoms with Gasteiger partial charge in [-0.05, 0) is 67.8 Å². The molecule has 0 amide bonds. The first-order valence-electron chi connectivity index (χ1n) is 10.9. The van der Waals surface area contributed by atoms with E-state index in [9.17, 15) is 4.79 Å². The zero-order valence-corrected chi connectivity index (χ0v) is 16.6. The SMILES string of the molecule is CCCCCC(=O)OCOc1ccc2c(c1)[C@@]13CCCC[C@@H]1[C@H](C2)NCC3. The highest BCUT2D eigenvalue weighted by Gasteiger charge is 2.51. The van der Waals surface area contributed by atoms with E-state index in [2.05, 4.69) is 24.4 Å². The average molecular weight is 372 g/mol. The second kappa shape index (κ2) is 8.22. The third-order valence-corrected chi connectivity index (χ3v) is 7.05. The summed E-state index contributed by atoms with van der Waals surface area (Å²) in [4.78, 5) is 11.8. The zero-order chi connectivity index (χ0) is 18.7. The molecule has 2 bridgehead atoms. The van der Waals surface area contributed by atoms with Crippen molar-refractivity contribution in [3.8, 4) is 5.75 Å². The summed E-state index contributed by atoms with van der Waals surface area (Å²) in [7, 11) is 0. The third kappa shape index (κ3) is 3.73. The molecule has 1 aromatic carbocycles. The van der Waals surface area contributed by atoms with Gasteiger partial charge in [0.15, 0.2) is 0 Å². The average Bonchev–Trinajstić information content (AvgIpc) is 2.68. The number of hydrogen-bond acceptors (Lipinski definition) is 4. The van der Waals surface area contributed by atoms with Gasteiger partial charge in [-0.1, -0.05) is 38.7 Å². The largest absolute Gasteiger partial charge is 0.457 e. The number of fused-ring (bicyclic) bond motifs is 1. The first kappa shape index (κ1) is 18.8. The lowest BCUT2D eigenvalue weighted by Gasteiger charge is -2.56. The summed E-state index contributed by atoms with van der Waals surface area (Å²) in [6.07, 6.45) is 11.3. The summed E-state index contributed by atoms with van der Waals surface area (Å²) in [5.74, 6) is 1.44. The fourth-order valence-corrected chi connectivity index (χ4v) is 5.75. The molecule has 1 heterocycles. The van der Waals surface area contributed by atoms with Crippen molar-refractivity contribution in [1.29, 1.82) is 0 Å². The Kier molecular flexibility index (Phi) is 5.72. The quantitative estimate of drug-likeness (QED) is 0.436. The van der Waals surface area contributed by atoms with Crippen LogP contribution in [0.25, 0.3) is 0 Å². The smallest absolute Gasteiger partial charge is 0.308 e. The van der Waals surface area contributed by atoms with Crippen molar-refractivity contribution in [2.45, 2.75) is 82.6 Å². The zero-order valence-electron chi connectivity index (χ0n) is 16.6. The highest BCUT2D eigenvalue weighted by molar-refractivity contribution is 5.69. The minimum atomic E-state index is -0.159. The van der Waals surface area contributed by atoms with Crippen LogP contribution in [0, 0.1) is 5.92 Å². The Bertz CT molecular complexity index is 670. The number of benzene rings is 1. The van der Waals surface area contributed by atoms with Gasteiger partial charge in [0.05, 0.1) is 0 Å². The van der Waals surface area contributed by atoms with Gasteiger partial charge in [0.1, 0.15) is 5.75 Å². The molecule has 148 valence electrons. The van der Waals surface area contributed by atoms with Gasteiger partial charge < -0.3 is 14.8 Å². The van der Waals surface area contributed by atoms with Crippen molar-refractivity contribution >= 4 is 5.97 Å². The van der Waals surface area contributed by atoms with E-state index < -0.39 is 0 Å². The number of carbonyl (C=O) groups excluding carboxylic acids is 1. The molecule has 2 fully saturated rings. The van der Waals surface area contributed by atoms with Gasteiger partial charge >= 0.3 is 5.97 Å². The maximum Gasteiger partial charge on any atom is 0.308 e. The molecule has 1 N–H and O–H groups in total. The summed E-state index contributed by atoms with van der Waals surface area (Å²) < 4.78 is 11.1. The number of esters is 1. The van der Waals surface area contributed by atoms with Crippen LogP contribution in [0.15, 0.2) is 18.2 Å². The van der Waals surface area contributed by atoms with Gasteiger partial charge in [0, 0.05) is 17.9 Å². The van der Waals surface area contributed by atoms with E-state index >= 15 is 0 Å². The van der Waals surface area contributed by atoms with Crippen molar-refractivity contribution in [3.63, 3.8) is 0 Å². The Morgan fingerprint density at radius 2 is 2.19 bits per heavy atom. The van der Waals surface area contributed by atoms with E-state index in [1.165, 1.54) is 43.2 Å². The lowest BCUT2D eigenvalue weighted by Crippen LogP contribution is -2.59. The van der Waals surface area contributed by atoms with Crippen LogP contribution in [0.1, 0.15) is 75.8 Å². The number of rotatable bonds is 7. The van der Waals surface area contributed by atoms with Crippen molar-refractivity contribution < 1.29 is 14.3 Å². The molecule has 27 heavy (non-hydrogen) atoms. The number of ether oxygens (including phenoxy) is 2. The summed E-state index contributed by atoms with van der Waals surface area (Å²) in [5, 5.41) is 3.78. The Balaban J connectivity index is 1.43. The Morgan fingerprint density at radius 1 is 1.26 bits per heavy atom. The molecule has 1 aliphatic heterocycles. The van der Waals surface area contributed by atoms with Crippen LogP contribution in [0.5, 0.6) is 5.75 Å². The van der Waals surface area contributed by atoms with Crippen LogP contribution in [-0.2, 0) is 21.4 Å². The van der Waals surface area contributed by atoms with Gasteiger partial charge in [-0.15, -0.1) is 0 Å². The molecule has 1 aromatic rings. The minimum absolute atomic E-state index is 0.0182. The van der Waals surface area contributed by atoms with Gasteiger partial charge in [0.25, 0.3) is 0 Å². The van der Waals surface area contributed by atoms with Gasteiger partial charge in [-0.3, -0.25) is 4.79 Å². The molecule has 0 aromatic heterocycles. The van der Waals surface area contributed by atoms with E-state index in [4.69, 9.17) is 9.47 Å². The van der Waals surface area contributed by atoms with Crippen LogP contribution in [0.3, 0.4) is 0 Å². The van der Waals surface area contributed by atoms with Crippen molar-refractivity contribution in [1.82, 2.24) is 5.32 Å². The number of piperidine rings is 1. The second-order valence-electron chi connectivity index (χ2n) is 8.58. The lowest BCUT2D eigenvalue weighted by molar-refractivity contribution is -0.150. The highest BCUT2D eigenvalue weighted by atomic mass is 16.7. The topological polar surface area (TPSA) is 47.6 Å². The summed E-state index contributed by atoms with van der Waals surface area (Å²) in [6.45, 7) is 3.27. The van der Waals surface area contributed by atoms with Crippen LogP contribution in [0.2, 0.25) is 0 Å². The molecular formula is C23H33NO3. The highest BCUT2D eigenvalue weighted by Crippen LogP contribution is 2.54. The molecule has 0 unspecified atom stereocenters. The van der Waals surface area contributed by atoms with Crippen molar-refractivity contribution in [2.75, 3.05) is 13.3 Å². The Morgan fingerprint density at radius 3 is 3.07 bits per heavy atom. The molecule has 1 saturated heterocycles. The van der Waals surface area contributed by atoms with E-state index in [1.54, 1.807) is 0 Å². The van der Waals surface area contributed by atoms with Crippen LogP contribution in [-0.4, -0.2) is 25.3 Å². The fraction of sp³-hybridized carbons (Fsp3) is 0.696. The number of unbranched alkanes of at least 4 members (excludes halogenated alkanes) is 2. The standard InChI is InChI=1S/C23H33NO3/c1-2-3-4-8-22(25)27-16-26-18-10-9-17-14-21-19-7-5-6-11-23(19,12-13-24-21)20(17)15-18/h9-10,15,19,21,24H,2-8,11-14,16H2,1H3/t19-,21+,23-/m1/s1. The predicted molar refractivity (Wildman–Crippen MR) is 106 cm³/mol. The van der Waals surface area contributed by atoms with Gasteiger partial charge in [-0.2, -0.15) is 0 Å². The van der Waals surface area contributed by atoms with Crippen LogP contribution in [0.4, 0.5) is 0 Å². The van der Waals surface area contributed by atoms with Gasteiger partial charge in [-0.25, -0.2) is 0 Å². The van der Waals surface area contributed by atoms with E-state index in [1.807, 2.05) is 6.07 Å². The molecule has 2 aliphatic carbocycles. The second-order valence-corrected chi connectivity index (χ2v) is 8.58. The maximum absolute atomic E-state index is 11.8. The third-order valence-electron chi connectivity index (χ3n) is 7.05. The van der Waals surface area contributed by atoms with E-state index in [0.717, 1.165) is 43.9 Å². The molecule has 4 rings (SSSR count). The molecule has 3 atom stereocenters. The predicted octanol–water partition coefficient (Wildman–Crippen LogP) is 4.49. The molecule has 4 nitrogen and oxygen atoms in total. The van der Waals surface area contributed by atoms with Crippen molar-refractivity contribution in [3.05, 3.63) is 29.3 Å². The van der Waals surface area contributed by atoms with E-state index in [-0.39, 0.29) is 12.8 Å². The molecule has 4 heteroatoms. The fourth-order valence-electron chi connectivity index (χ4n) is 5.75. The van der Waals surface area contributed by atoms with Crippen LogP contribution >= 0.6 is 0 Å². The van der Waals surface area contributed by atoms with E-state index in [0.29, 0.717) is 17.9 Å². The lowest BCUT2D eigenvalue weighted by atomic mass is 9.53. The normalized spacial score (nSPS) is 28.8. The summed E-state index contributed by atoms with van der Waals surface area (Å²) in [5.41, 5.74) is 3.32. The molecule has 1 saturated carbocycles. The summed E-state index contributed by atoms with van der Waals surface area (Å²) >= 11 is 0.